The van der Waals surface area contributed by atoms with Crippen LogP contribution in [0.3, 0.4) is 0 Å². The number of rotatable bonds is 6. The van der Waals surface area contributed by atoms with Gasteiger partial charge in [-0.25, -0.2) is 0 Å². The Hall–Kier alpha value is -2.34. The van der Waals surface area contributed by atoms with Gasteiger partial charge in [-0.1, -0.05) is 15.9 Å². The quantitative estimate of drug-likeness (QED) is 0.814. The minimum atomic E-state index is -0.150. The van der Waals surface area contributed by atoms with Gasteiger partial charge in [-0.2, -0.15) is 0 Å². The van der Waals surface area contributed by atoms with Crippen LogP contribution in [0.15, 0.2) is 53.0 Å². The number of carbonyl (C=O) groups excluding carboxylic acids is 2. The molecule has 0 bridgehead atoms. The van der Waals surface area contributed by atoms with Crippen LogP contribution >= 0.6 is 15.9 Å². The van der Waals surface area contributed by atoms with Crippen LogP contribution in [0.5, 0.6) is 5.75 Å². The number of ether oxygens (including phenoxy) is 1. The number of nitrogens with zero attached hydrogens (tertiary/aromatic N) is 1. The maximum absolute atomic E-state index is 12.1. The molecule has 2 aromatic carbocycles. The van der Waals surface area contributed by atoms with E-state index in [4.69, 9.17) is 4.74 Å². The predicted octanol–water partition coefficient (Wildman–Crippen LogP) is 3.84. The normalized spacial score (nSPS) is 10.1. The summed E-state index contributed by atoms with van der Waals surface area (Å²) in [6.07, 6.45) is 0.210. The summed E-state index contributed by atoms with van der Waals surface area (Å²) in [6.45, 7) is 1.81. The van der Waals surface area contributed by atoms with Gasteiger partial charge in [0.1, 0.15) is 5.75 Å². The summed E-state index contributed by atoms with van der Waals surface area (Å²) < 4.78 is 6.01. The molecule has 0 aliphatic carbocycles. The van der Waals surface area contributed by atoms with E-state index in [0.717, 1.165) is 15.9 Å². The third-order valence-electron chi connectivity index (χ3n) is 3.45. The second kappa shape index (κ2) is 8.49. The summed E-state index contributed by atoms with van der Waals surface area (Å²) in [5.74, 6) is 0.476. The lowest BCUT2D eigenvalue weighted by molar-refractivity contribution is -0.117. The van der Waals surface area contributed by atoms with Gasteiger partial charge >= 0.3 is 0 Å². The Morgan fingerprint density at radius 3 is 2.25 bits per heavy atom. The standard InChI is InChI=1S/C18H19BrN2O3/c1-13(22)21(16-7-3-14(19)4-8-16)12-11-18(23)20-15-5-9-17(24-2)10-6-15/h3-10H,11-12H2,1-2H3,(H,20,23). The zero-order valence-corrected chi connectivity index (χ0v) is 15.2. The number of benzene rings is 2. The van der Waals surface area contributed by atoms with Crippen LogP contribution < -0.4 is 15.0 Å². The molecule has 0 atom stereocenters. The van der Waals surface area contributed by atoms with Crippen molar-refractivity contribution in [3.63, 3.8) is 0 Å². The zero-order chi connectivity index (χ0) is 17.5. The van der Waals surface area contributed by atoms with Crippen LogP contribution in [0.4, 0.5) is 11.4 Å². The number of amides is 2. The Kier molecular flexibility index (Phi) is 6.37. The monoisotopic (exact) mass is 390 g/mol. The van der Waals surface area contributed by atoms with Gasteiger partial charge in [0.05, 0.1) is 7.11 Å². The average molecular weight is 391 g/mol. The van der Waals surface area contributed by atoms with Gasteiger partial charge in [0.15, 0.2) is 0 Å². The zero-order valence-electron chi connectivity index (χ0n) is 13.6. The fourth-order valence-electron chi connectivity index (χ4n) is 2.20. The minimum absolute atomic E-state index is 0.102. The third kappa shape index (κ3) is 5.09. The largest absolute Gasteiger partial charge is 0.497 e. The van der Waals surface area contributed by atoms with Gasteiger partial charge in [-0.3, -0.25) is 9.59 Å². The third-order valence-corrected chi connectivity index (χ3v) is 3.98. The van der Waals surface area contributed by atoms with Crippen molar-refractivity contribution in [2.75, 3.05) is 23.9 Å². The van der Waals surface area contributed by atoms with E-state index in [-0.39, 0.29) is 18.2 Å². The molecule has 24 heavy (non-hydrogen) atoms. The maximum atomic E-state index is 12.1. The highest BCUT2D eigenvalue weighted by Crippen LogP contribution is 2.19. The van der Waals surface area contributed by atoms with Crippen LogP contribution in [0.2, 0.25) is 0 Å². The van der Waals surface area contributed by atoms with Gasteiger partial charge in [0, 0.05) is 35.7 Å². The van der Waals surface area contributed by atoms with Gasteiger partial charge in [0.25, 0.3) is 0 Å². The molecule has 1 N–H and O–H groups in total. The van der Waals surface area contributed by atoms with Gasteiger partial charge in [-0.15, -0.1) is 0 Å². The van der Waals surface area contributed by atoms with Crippen LogP contribution in [0, 0.1) is 0 Å². The fourth-order valence-corrected chi connectivity index (χ4v) is 2.46. The second-order valence-electron chi connectivity index (χ2n) is 5.17. The molecular formula is C18H19BrN2O3. The molecular weight excluding hydrogens is 372 g/mol. The Morgan fingerprint density at radius 1 is 1.08 bits per heavy atom. The number of anilines is 2. The molecule has 0 saturated carbocycles. The van der Waals surface area contributed by atoms with E-state index < -0.39 is 0 Å². The molecule has 0 aliphatic heterocycles. The molecule has 2 aromatic rings. The van der Waals surface area contributed by atoms with Crippen molar-refractivity contribution in [1.29, 1.82) is 0 Å². The van der Waals surface area contributed by atoms with Crippen LogP contribution in [-0.2, 0) is 9.59 Å². The summed E-state index contributed by atoms with van der Waals surface area (Å²) in [6, 6.07) is 14.5. The van der Waals surface area contributed by atoms with Gasteiger partial charge in [0.2, 0.25) is 11.8 Å². The Balaban J connectivity index is 1.94. The highest BCUT2D eigenvalue weighted by atomic mass is 79.9. The molecule has 0 saturated heterocycles. The number of nitrogens with one attached hydrogen (secondary N) is 1. The number of hydrogen-bond donors (Lipinski definition) is 1. The molecule has 0 aromatic heterocycles. The highest BCUT2D eigenvalue weighted by molar-refractivity contribution is 9.10. The van der Waals surface area contributed by atoms with E-state index in [1.165, 1.54) is 6.92 Å². The van der Waals surface area contributed by atoms with Crippen molar-refractivity contribution >= 4 is 39.1 Å². The Labute approximate surface area is 149 Å². The molecule has 6 heteroatoms. The van der Waals surface area contributed by atoms with E-state index >= 15 is 0 Å². The molecule has 0 radical (unpaired) electrons. The second-order valence-corrected chi connectivity index (χ2v) is 6.09. The van der Waals surface area contributed by atoms with Crippen molar-refractivity contribution in [2.45, 2.75) is 13.3 Å². The number of carbonyl (C=O) groups is 2. The van der Waals surface area contributed by atoms with Crippen molar-refractivity contribution in [1.82, 2.24) is 0 Å². The summed E-state index contributed by atoms with van der Waals surface area (Å²) in [5.41, 5.74) is 1.46. The maximum Gasteiger partial charge on any atom is 0.226 e. The fraction of sp³-hybridized carbons (Fsp3) is 0.222. The van der Waals surface area contributed by atoms with E-state index in [2.05, 4.69) is 21.2 Å². The van der Waals surface area contributed by atoms with Gasteiger partial charge < -0.3 is 15.0 Å². The molecule has 0 heterocycles. The van der Waals surface area contributed by atoms with E-state index in [1.807, 2.05) is 24.3 Å². The average Bonchev–Trinajstić information content (AvgIpc) is 2.57. The molecule has 0 unspecified atom stereocenters. The number of methoxy groups -OCH3 is 1. The number of hydrogen-bond acceptors (Lipinski definition) is 3. The summed E-state index contributed by atoms with van der Waals surface area (Å²) in [7, 11) is 1.59. The summed E-state index contributed by atoms with van der Waals surface area (Å²) in [4.78, 5) is 25.5. The predicted molar refractivity (Wildman–Crippen MR) is 98.4 cm³/mol. The van der Waals surface area contributed by atoms with Crippen LogP contribution in [0.1, 0.15) is 13.3 Å². The molecule has 0 fully saturated rings. The summed E-state index contributed by atoms with van der Waals surface area (Å²) in [5, 5.41) is 2.81. The highest BCUT2D eigenvalue weighted by Gasteiger charge is 2.13. The Morgan fingerprint density at radius 2 is 1.71 bits per heavy atom. The molecule has 0 aliphatic rings. The van der Waals surface area contributed by atoms with Crippen molar-refractivity contribution in [3.05, 3.63) is 53.0 Å². The van der Waals surface area contributed by atoms with Crippen molar-refractivity contribution < 1.29 is 14.3 Å². The smallest absolute Gasteiger partial charge is 0.226 e. The lowest BCUT2D eigenvalue weighted by atomic mass is 10.2. The Bertz CT molecular complexity index is 699. The minimum Gasteiger partial charge on any atom is -0.497 e. The molecule has 126 valence electrons. The number of halogens is 1. The summed E-state index contributed by atoms with van der Waals surface area (Å²) >= 11 is 3.36. The van der Waals surface area contributed by atoms with Gasteiger partial charge in [-0.05, 0) is 48.5 Å². The molecule has 2 rings (SSSR count). The topological polar surface area (TPSA) is 58.6 Å². The molecule has 0 spiro atoms. The first-order valence-corrected chi connectivity index (χ1v) is 8.26. The van der Waals surface area contributed by atoms with Crippen molar-refractivity contribution in [2.24, 2.45) is 0 Å². The van der Waals surface area contributed by atoms with Crippen molar-refractivity contribution in [3.8, 4) is 5.75 Å². The first kappa shape index (κ1) is 18.0. The van der Waals surface area contributed by atoms with E-state index in [0.29, 0.717) is 12.2 Å². The van der Waals surface area contributed by atoms with E-state index in [1.54, 1.807) is 36.3 Å². The SMILES string of the molecule is COc1ccc(NC(=O)CCN(C(C)=O)c2ccc(Br)cc2)cc1. The van der Waals surface area contributed by atoms with E-state index in [9.17, 15) is 9.59 Å². The molecule has 2 amide bonds. The lowest BCUT2D eigenvalue weighted by Crippen LogP contribution is -2.31. The first-order chi connectivity index (χ1) is 11.5. The van der Waals surface area contributed by atoms with Crippen LogP contribution in [-0.4, -0.2) is 25.5 Å². The lowest BCUT2D eigenvalue weighted by Gasteiger charge is -2.21. The van der Waals surface area contributed by atoms with Crippen LogP contribution in [0.25, 0.3) is 0 Å². The first-order valence-electron chi connectivity index (χ1n) is 7.47. The molecule has 5 nitrogen and oxygen atoms in total.